The standard InChI is InChI=1S/C28H26N2O4S/c1-3-21-12-10-11-17-25(21)30(20(2)31)27-29-24(19-35-27)18-34-26(32)28(33,22-13-6-4-7-14-22)23-15-8-5-9-16-23/h4-17,19,33H,3,18H2,1-2H3. The van der Waals surface area contributed by atoms with E-state index in [0.29, 0.717) is 22.0 Å². The highest BCUT2D eigenvalue weighted by atomic mass is 32.1. The Labute approximate surface area is 208 Å². The summed E-state index contributed by atoms with van der Waals surface area (Å²) in [4.78, 5) is 31.9. The lowest BCUT2D eigenvalue weighted by Gasteiger charge is -2.27. The van der Waals surface area contributed by atoms with Crippen LogP contribution in [0, 0.1) is 0 Å². The largest absolute Gasteiger partial charge is 0.456 e. The summed E-state index contributed by atoms with van der Waals surface area (Å²) in [6.07, 6.45) is 0.771. The summed E-state index contributed by atoms with van der Waals surface area (Å²) in [6, 6.07) is 25.1. The maximum absolute atomic E-state index is 13.2. The van der Waals surface area contributed by atoms with Gasteiger partial charge in [-0.25, -0.2) is 9.78 Å². The number of carbonyl (C=O) groups is 2. The first-order chi connectivity index (χ1) is 16.9. The molecule has 178 valence electrons. The molecule has 7 heteroatoms. The fraction of sp³-hybridized carbons (Fsp3) is 0.179. The number of carbonyl (C=O) groups excluding carboxylic acids is 2. The van der Waals surface area contributed by atoms with Crippen molar-refractivity contribution in [3.63, 3.8) is 0 Å². The third kappa shape index (κ3) is 5.01. The predicted molar refractivity (Wildman–Crippen MR) is 136 cm³/mol. The minimum atomic E-state index is -1.97. The lowest BCUT2D eigenvalue weighted by Crippen LogP contribution is -2.38. The van der Waals surface area contributed by atoms with Crippen LogP contribution < -0.4 is 4.90 Å². The zero-order valence-corrected chi connectivity index (χ0v) is 20.4. The van der Waals surface area contributed by atoms with Crippen molar-refractivity contribution in [2.75, 3.05) is 4.90 Å². The Kier molecular flexibility index (Phi) is 7.39. The Morgan fingerprint density at radius 2 is 1.51 bits per heavy atom. The number of aliphatic hydroxyl groups is 1. The minimum Gasteiger partial charge on any atom is -0.456 e. The van der Waals surface area contributed by atoms with Crippen molar-refractivity contribution in [3.05, 3.63) is 113 Å². The number of amides is 1. The Morgan fingerprint density at radius 1 is 0.943 bits per heavy atom. The Balaban J connectivity index is 1.57. The van der Waals surface area contributed by atoms with Gasteiger partial charge in [0.2, 0.25) is 11.5 Å². The second-order valence-corrected chi connectivity index (χ2v) is 8.81. The van der Waals surface area contributed by atoms with Crippen LogP contribution in [0.4, 0.5) is 10.8 Å². The molecular formula is C28H26N2O4S. The number of hydrogen-bond donors (Lipinski definition) is 1. The molecule has 0 saturated heterocycles. The first kappa shape index (κ1) is 24.3. The number of para-hydroxylation sites is 1. The van der Waals surface area contributed by atoms with E-state index in [0.717, 1.165) is 17.7 Å². The summed E-state index contributed by atoms with van der Waals surface area (Å²) in [5.74, 6) is -0.962. The van der Waals surface area contributed by atoms with Crippen LogP contribution in [0.2, 0.25) is 0 Å². The number of ether oxygens (including phenoxy) is 1. The van der Waals surface area contributed by atoms with Gasteiger partial charge >= 0.3 is 5.97 Å². The molecule has 0 radical (unpaired) electrons. The lowest BCUT2D eigenvalue weighted by molar-refractivity contribution is -0.163. The van der Waals surface area contributed by atoms with E-state index in [4.69, 9.17) is 4.74 Å². The average molecular weight is 487 g/mol. The van der Waals surface area contributed by atoms with Crippen molar-refractivity contribution >= 4 is 34.0 Å². The van der Waals surface area contributed by atoms with Gasteiger partial charge in [-0.1, -0.05) is 85.8 Å². The third-order valence-corrected chi connectivity index (χ3v) is 6.56. The maximum Gasteiger partial charge on any atom is 0.348 e. The van der Waals surface area contributed by atoms with Crippen molar-refractivity contribution in [1.82, 2.24) is 4.98 Å². The number of thiazole rings is 1. The van der Waals surface area contributed by atoms with Gasteiger partial charge in [-0.05, 0) is 29.2 Å². The third-order valence-electron chi connectivity index (χ3n) is 5.69. The summed E-state index contributed by atoms with van der Waals surface area (Å²) in [5.41, 5.74) is 1.15. The molecule has 0 aliphatic rings. The molecule has 0 aliphatic carbocycles. The summed E-state index contributed by atoms with van der Waals surface area (Å²) in [5, 5.41) is 13.8. The van der Waals surface area contributed by atoms with E-state index < -0.39 is 11.6 Å². The molecule has 0 spiro atoms. The number of aromatic nitrogens is 1. The molecular weight excluding hydrogens is 460 g/mol. The van der Waals surface area contributed by atoms with Gasteiger partial charge in [-0.2, -0.15) is 0 Å². The van der Waals surface area contributed by atoms with E-state index in [1.54, 1.807) is 58.8 Å². The van der Waals surface area contributed by atoms with Crippen molar-refractivity contribution < 1.29 is 19.4 Å². The van der Waals surface area contributed by atoms with Crippen LogP contribution in [0.3, 0.4) is 0 Å². The van der Waals surface area contributed by atoms with Crippen LogP contribution in [0.5, 0.6) is 0 Å². The zero-order chi connectivity index (χ0) is 24.8. The van der Waals surface area contributed by atoms with Crippen molar-refractivity contribution in [2.45, 2.75) is 32.5 Å². The van der Waals surface area contributed by atoms with Gasteiger partial charge < -0.3 is 9.84 Å². The quantitative estimate of drug-likeness (QED) is 0.339. The molecule has 4 rings (SSSR count). The number of anilines is 2. The van der Waals surface area contributed by atoms with E-state index in [1.807, 2.05) is 43.3 Å². The molecule has 1 heterocycles. The first-order valence-corrected chi connectivity index (χ1v) is 12.2. The first-order valence-electron chi connectivity index (χ1n) is 11.3. The van der Waals surface area contributed by atoms with E-state index in [-0.39, 0.29) is 12.5 Å². The summed E-state index contributed by atoms with van der Waals surface area (Å²) in [6.45, 7) is 3.39. The van der Waals surface area contributed by atoms with Crippen LogP contribution in [0.25, 0.3) is 0 Å². The van der Waals surface area contributed by atoms with Crippen molar-refractivity contribution in [1.29, 1.82) is 0 Å². The number of rotatable bonds is 8. The fourth-order valence-corrected chi connectivity index (χ4v) is 4.77. The summed E-state index contributed by atoms with van der Waals surface area (Å²) < 4.78 is 5.56. The van der Waals surface area contributed by atoms with Crippen LogP contribution in [-0.2, 0) is 33.0 Å². The van der Waals surface area contributed by atoms with Crippen LogP contribution in [0.15, 0.2) is 90.3 Å². The molecule has 0 saturated carbocycles. The predicted octanol–water partition coefficient (Wildman–Crippen LogP) is 5.37. The number of benzene rings is 3. The average Bonchev–Trinajstić information content (AvgIpc) is 3.36. The molecule has 1 N–H and O–H groups in total. The highest BCUT2D eigenvalue weighted by Gasteiger charge is 2.41. The van der Waals surface area contributed by atoms with E-state index in [9.17, 15) is 14.7 Å². The zero-order valence-electron chi connectivity index (χ0n) is 19.5. The molecule has 0 bridgehead atoms. The van der Waals surface area contributed by atoms with Gasteiger partial charge in [0, 0.05) is 12.3 Å². The topological polar surface area (TPSA) is 79.7 Å². The summed E-state index contributed by atoms with van der Waals surface area (Å²) >= 11 is 1.29. The molecule has 0 aliphatic heterocycles. The number of aryl methyl sites for hydroxylation is 1. The monoisotopic (exact) mass is 486 g/mol. The number of hydrogen-bond acceptors (Lipinski definition) is 6. The molecule has 0 unspecified atom stereocenters. The van der Waals surface area contributed by atoms with Crippen LogP contribution in [0.1, 0.15) is 36.2 Å². The lowest BCUT2D eigenvalue weighted by atomic mass is 9.86. The van der Waals surface area contributed by atoms with E-state index >= 15 is 0 Å². The fourth-order valence-electron chi connectivity index (χ4n) is 3.91. The smallest absolute Gasteiger partial charge is 0.348 e. The van der Waals surface area contributed by atoms with Crippen LogP contribution >= 0.6 is 11.3 Å². The normalized spacial score (nSPS) is 11.2. The van der Waals surface area contributed by atoms with Gasteiger partial charge in [0.15, 0.2) is 5.13 Å². The van der Waals surface area contributed by atoms with Crippen LogP contribution in [-0.4, -0.2) is 22.0 Å². The van der Waals surface area contributed by atoms with E-state index in [1.165, 1.54) is 18.3 Å². The van der Waals surface area contributed by atoms with Gasteiger partial charge in [0.25, 0.3) is 0 Å². The molecule has 0 fully saturated rings. The van der Waals surface area contributed by atoms with Crippen molar-refractivity contribution in [3.8, 4) is 0 Å². The highest BCUT2D eigenvalue weighted by Crippen LogP contribution is 2.33. The highest BCUT2D eigenvalue weighted by molar-refractivity contribution is 7.14. The molecule has 1 amide bonds. The molecule has 6 nitrogen and oxygen atoms in total. The van der Waals surface area contributed by atoms with Gasteiger partial charge in [0.1, 0.15) is 6.61 Å². The second kappa shape index (κ2) is 10.6. The Morgan fingerprint density at radius 3 is 2.09 bits per heavy atom. The Bertz CT molecular complexity index is 1270. The van der Waals surface area contributed by atoms with Crippen molar-refractivity contribution in [2.24, 2.45) is 0 Å². The van der Waals surface area contributed by atoms with Gasteiger partial charge in [0.05, 0.1) is 11.4 Å². The second-order valence-electron chi connectivity index (χ2n) is 7.98. The maximum atomic E-state index is 13.2. The molecule has 1 aromatic heterocycles. The minimum absolute atomic E-state index is 0.140. The molecule has 35 heavy (non-hydrogen) atoms. The van der Waals surface area contributed by atoms with Gasteiger partial charge in [-0.3, -0.25) is 9.69 Å². The Hall–Kier alpha value is -3.81. The number of nitrogens with zero attached hydrogens (tertiary/aromatic N) is 2. The van der Waals surface area contributed by atoms with Gasteiger partial charge in [-0.15, -0.1) is 11.3 Å². The molecule has 4 aromatic rings. The number of esters is 1. The summed E-state index contributed by atoms with van der Waals surface area (Å²) in [7, 11) is 0. The SMILES string of the molecule is CCc1ccccc1N(C(C)=O)c1nc(COC(=O)C(O)(c2ccccc2)c2ccccc2)cs1. The molecule has 0 atom stereocenters. The molecule has 3 aromatic carbocycles. The van der Waals surface area contributed by atoms with E-state index in [2.05, 4.69) is 4.98 Å².